The van der Waals surface area contributed by atoms with Crippen LogP contribution in [0.5, 0.6) is 0 Å². The van der Waals surface area contributed by atoms with Crippen LogP contribution in [-0.2, 0) is 12.4 Å². The molecule has 0 spiro atoms. The molecule has 0 radical (unpaired) electrons. The highest BCUT2D eigenvalue weighted by Crippen LogP contribution is 2.30. The molecule has 0 aliphatic rings. The van der Waals surface area contributed by atoms with Gasteiger partial charge in [-0.25, -0.2) is 14.8 Å². The zero-order valence-corrected chi connectivity index (χ0v) is 23.5. The number of carbonyl (C=O) groups excluding carboxylic acids is 1. The number of nitrogens with two attached hydrogens (primary N) is 1. The summed E-state index contributed by atoms with van der Waals surface area (Å²) < 4.78 is 74.9. The number of halogens is 8. The van der Waals surface area contributed by atoms with E-state index in [1.807, 2.05) is 0 Å². The van der Waals surface area contributed by atoms with Crippen LogP contribution < -0.4 is 11.1 Å². The van der Waals surface area contributed by atoms with Gasteiger partial charge in [0.15, 0.2) is 0 Å². The SMILES string of the molecule is Nc1cc(C(F)(F)F)ccn1.O=C(Nc1cc(C(F)(F)F)ccn1)c1ccc(Br)cc1.O=C(O)c1ccc(Br)cc1. The van der Waals surface area contributed by atoms with Crippen molar-refractivity contribution in [2.75, 3.05) is 11.1 Å². The number of carbonyl (C=O) groups is 2. The minimum absolute atomic E-state index is 0.125. The summed E-state index contributed by atoms with van der Waals surface area (Å²) in [6, 6.07) is 16.2. The van der Waals surface area contributed by atoms with Gasteiger partial charge in [0.05, 0.1) is 16.7 Å². The summed E-state index contributed by atoms with van der Waals surface area (Å²) in [6.07, 6.45) is -6.78. The summed E-state index contributed by atoms with van der Waals surface area (Å²) in [4.78, 5) is 29.3. The minimum Gasteiger partial charge on any atom is -0.478 e. The molecule has 4 rings (SSSR count). The summed E-state index contributed by atoms with van der Waals surface area (Å²) in [5.74, 6) is -1.69. The molecule has 216 valence electrons. The maximum absolute atomic E-state index is 12.5. The van der Waals surface area contributed by atoms with Crippen molar-refractivity contribution < 1.29 is 41.0 Å². The van der Waals surface area contributed by atoms with Gasteiger partial charge in [-0.3, -0.25) is 4.79 Å². The molecule has 2 aromatic carbocycles. The van der Waals surface area contributed by atoms with Crippen LogP contribution in [0.25, 0.3) is 0 Å². The number of amides is 1. The van der Waals surface area contributed by atoms with E-state index in [1.54, 1.807) is 48.5 Å². The predicted molar refractivity (Wildman–Crippen MR) is 146 cm³/mol. The Hall–Kier alpha value is -3.98. The van der Waals surface area contributed by atoms with Crippen LogP contribution in [0.2, 0.25) is 0 Å². The van der Waals surface area contributed by atoms with E-state index in [1.165, 1.54) is 0 Å². The van der Waals surface area contributed by atoms with E-state index in [0.717, 1.165) is 45.6 Å². The Bertz CT molecular complexity index is 1470. The number of carboxylic acids is 1. The van der Waals surface area contributed by atoms with Gasteiger partial charge in [0, 0.05) is 26.9 Å². The van der Waals surface area contributed by atoms with Gasteiger partial charge in [-0.1, -0.05) is 31.9 Å². The molecule has 2 heterocycles. The van der Waals surface area contributed by atoms with Gasteiger partial charge in [0.2, 0.25) is 0 Å². The van der Waals surface area contributed by atoms with Gasteiger partial charge >= 0.3 is 18.3 Å². The summed E-state index contributed by atoms with van der Waals surface area (Å²) in [6.45, 7) is 0. The largest absolute Gasteiger partial charge is 0.478 e. The van der Waals surface area contributed by atoms with Crippen LogP contribution in [0.3, 0.4) is 0 Å². The van der Waals surface area contributed by atoms with E-state index < -0.39 is 35.4 Å². The molecular formula is C26H18Br2F6N4O3. The molecule has 15 heteroatoms. The van der Waals surface area contributed by atoms with Crippen molar-refractivity contribution in [3.05, 3.63) is 116 Å². The van der Waals surface area contributed by atoms with Crippen LogP contribution in [0, 0.1) is 0 Å². The van der Waals surface area contributed by atoms with Crippen LogP contribution in [-0.4, -0.2) is 27.0 Å². The number of carboxylic acid groups (broad SMARTS) is 1. The van der Waals surface area contributed by atoms with Crippen molar-refractivity contribution in [1.82, 2.24) is 9.97 Å². The number of nitrogens with zero attached hydrogens (tertiary/aromatic N) is 2. The average molecular weight is 708 g/mol. The highest BCUT2D eigenvalue weighted by molar-refractivity contribution is 9.10. The Labute approximate surface area is 245 Å². The van der Waals surface area contributed by atoms with Crippen molar-refractivity contribution in [3.8, 4) is 0 Å². The molecule has 2 aromatic heterocycles. The molecule has 4 N–H and O–H groups in total. The molecule has 0 fully saturated rings. The van der Waals surface area contributed by atoms with Crippen LogP contribution in [0.15, 0.2) is 94.1 Å². The molecule has 0 bridgehead atoms. The zero-order valence-electron chi connectivity index (χ0n) is 20.3. The number of aromatic carboxylic acids is 1. The molecule has 0 saturated heterocycles. The van der Waals surface area contributed by atoms with Crippen LogP contribution in [0.4, 0.5) is 38.0 Å². The predicted octanol–water partition coefficient (Wildman–Crippen LogP) is 7.95. The smallest absolute Gasteiger partial charge is 0.416 e. The number of hydrogen-bond acceptors (Lipinski definition) is 5. The van der Waals surface area contributed by atoms with Gasteiger partial charge in [0.1, 0.15) is 11.6 Å². The second-order valence-corrected chi connectivity index (χ2v) is 9.50. The van der Waals surface area contributed by atoms with Crippen molar-refractivity contribution in [2.24, 2.45) is 0 Å². The first kappa shape index (κ1) is 33.2. The summed E-state index contributed by atoms with van der Waals surface area (Å²) in [5.41, 5.74) is 4.04. The third-order valence-corrected chi connectivity index (χ3v) is 5.69. The number of pyridine rings is 2. The molecule has 7 nitrogen and oxygen atoms in total. The van der Waals surface area contributed by atoms with Crippen LogP contribution in [0.1, 0.15) is 31.8 Å². The molecule has 0 aliphatic heterocycles. The maximum atomic E-state index is 12.5. The molecule has 41 heavy (non-hydrogen) atoms. The molecule has 4 aromatic rings. The van der Waals surface area contributed by atoms with E-state index >= 15 is 0 Å². The Morgan fingerprint density at radius 3 is 1.56 bits per heavy atom. The van der Waals surface area contributed by atoms with Crippen molar-refractivity contribution >= 4 is 55.4 Å². The third-order valence-electron chi connectivity index (χ3n) is 4.63. The maximum Gasteiger partial charge on any atom is 0.416 e. The molecule has 1 amide bonds. The van der Waals surface area contributed by atoms with E-state index in [-0.39, 0.29) is 11.6 Å². The highest BCUT2D eigenvalue weighted by Gasteiger charge is 2.31. The summed E-state index contributed by atoms with van der Waals surface area (Å²) in [5, 5.41) is 10.8. The summed E-state index contributed by atoms with van der Waals surface area (Å²) in [7, 11) is 0. The normalized spacial score (nSPS) is 10.8. The fraction of sp³-hybridized carbons (Fsp3) is 0.0769. The first-order chi connectivity index (χ1) is 19.1. The van der Waals surface area contributed by atoms with E-state index in [4.69, 9.17) is 10.8 Å². The lowest BCUT2D eigenvalue weighted by molar-refractivity contribution is -0.138. The molecule has 0 saturated carbocycles. The molecule has 0 atom stereocenters. The standard InChI is InChI=1S/C13H8BrF3N2O.C7H5BrO2.C6H5F3N2/c14-10-3-1-8(2-4-10)12(20)19-11-7-9(5-6-18-11)13(15,16)17;8-6-3-1-5(2-4-6)7(9)10;7-6(8,9)4-1-2-11-5(10)3-4/h1-7H,(H,18,19,20);1-4H,(H,9,10);1-3H,(H2,10,11). The first-order valence-corrected chi connectivity index (χ1v) is 12.5. The third kappa shape index (κ3) is 11.6. The summed E-state index contributed by atoms with van der Waals surface area (Å²) >= 11 is 6.43. The number of aromatic nitrogens is 2. The molecule has 0 aliphatic carbocycles. The van der Waals surface area contributed by atoms with E-state index in [0.29, 0.717) is 11.1 Å². The van der Waals surface area contributed by atoms with Gasteiger partial charge in [-0.2, -0.15) is 26.3 Å². The van der Waals surface area contributed by atoms with Crippen LogP contribution >= 0.6 is 31.9 Å². The van der Waals surface area contributed by atoms with E-state index in [9.17, 15) is 35.9 Å². The average Bonchev–Trinajstić information content (AvgIpc) is 2.89. The number of rotatable bonds is 3. The second kappa shape index (κ2) is 14.6. The van der Waals surface area contributed by atoms with Gasteiger partial charge < -0.3 is 16.2 Å². The van der Waals surface area contributed by atoms with Gasteiger partial charge in [0.25, 0.3) is 5.91 Å². The minimum atomic E-state index is -4.47. The van der Waals surface area contributed by atoms with Gasteiger partial charge in [-0.15, -0.1) is 0 Å². The van der Waals surface area contributed by atoms with Gasteiger partial charge in [-0.05, 0) is 72.8 Å². The fourth-order valence-electron chi connectivity index (χ4n) is 2.68. The highest BCUT2D eigenvalue weighted by atomic mass is 79.9. The fourth-order valence-corrected chi connectivity index (χ4v) is 3.21. The first-order valence-electron chi connectivity index (χ1n) is 10.9. The molecule has 0 unspecified atom stereocenters. The number of hydrogen-bond donors (Lipinski definition) is 3. The van der Waals surface area contributed by atoms with Crippen molar-refractivity contribution in [3.63, 3.8) is 0 Å². The lowest BCUT2D eigenvalue weighted by Crippen LogP contribution is -2.14. The monoisotopic (exact) mass is 706 g/mol. The van der Waals surface area contributed by atoms with Crippen molar-refractivity contribution in [1.29, 1.82) is 0 Å². The molecular weight excluding hydrogens is 690 g/mol. The quantitative estimate of drug-likeness (QED) is 0.186. The number of nitrogen functional groups attached to an aromatic ring is 1. The second-order valence-electron chi connectivity index (χ2n) is 7.67. The number of benzene rings is 2. The number of anilines is 2. The number of alkyl halides is 6. The number of nitrogens with one attached hydrogen (secondary N) is 1. The Balaban J connectivity index is 0.000000236. The van der Waals surface area contributed by atoms with Crippen molar-refractivity contribution in [2.45, 2.75) is 12.4 Å². The Morgan fingerprint density at radius 1 is 0.707 bits per heavy atom. The lowest BCUT2D eigenvalue weighted by atomic mass is 10.2. The lowest BCUT2D eigenvalue weighted by Gasteiger charge is -2.09. The Morgan fingerprint density at radius 2 is 1.15 bits per heavy atom. The zero-order chi connectivity index (χ0) is 30.8. The Kier molecular flexibility index (Phi) is 11.8. The van der Waals surface area contributed by atoms with E-state index in [2.05, 4.69) is 47.1 Å². The topological polar surface area (TPSA) is 118 Å².